The Hall–Kier alpha value is -3.37. The summed E-state index contributed by atoms with van der Waals surface area (Å²) in [6.07, 6.45) is 0.162. The third-order valence-corrected chi connectivity index (χ3v) is 6.42. The average Bonchev–Trinajstić information content (AvgIpc) is 2.81. The number of sulfonamides is 1. The number of ether oxygens (including phenoxy) is 2. The molecule has 0 spiro atoms. The predicted octanol–water partition coefficient (Wildman–Crippen LogP) is 4.37. The van der Waals surface area contributed by atoms with E-state index >= 15 is 0 Å². The van der Waals surface area contributed by atoms with Crippen LogP contribution in [0, 0.1) is 0 Å². The molecule has 0 atom stereocenters. The highest BCUT2D eigenvalue weighted by Gasteiger charge is 2.14. The second-order valence-electron chi connectivity index (χ2n) is 7.10. The molecule has 0 fully saturated rings. The molecule has 0 aliphatic carbocycles. The molecule has 0 aliphatic rings. The van der Waals surface area contributed by atoms with Gasteiger partial charge in [-0.1, -0.05) is 28.1 Å². The molecule has 3 aromatic rings. The lowest BCUT2D eigenvalue weighted by molar-refractivity contribution is -0.142. The van der Waals surface area contributed by atoms with E-state index in [1.807, 2.05) is 0 Å². The molecule has 178 valence electrons. The number of esters is 1. The van der Waals surface area contributed by atoms with Gasteiger partial charge in [0.15, 0.2) is 6.61 Å². The molecule has 0 saturated heterocycles. The summed E-state index contributed by atoms with van der Waals surface area (Å²) in [6, 6.07) is 19.3. The fourth-order valence-electron chi connectivity index (χ4n) is 2.88. The Morgan fingerprint density at radius 3 is 2.12 bits per heavy atom. The van der Waals surface area contributed by atoms with Crippen molar-refractivity contribution in [1.82, 2.24) is 0 Å². The molecule has 3 rings (SSSR count). The quantitative estimate of drug-likeness (QED) is 0.365. The summed E-state index contributed by atoms with van der Waals surface area (Å²) in [5, 5.41) is 2.70. The van der Waals surface area contributed by atoms with Crippen LogP contribution in [0.2, 0.25) is 0 Å². The minimum absolute atomic E-state index is 0.0649. The van der Waals surface area contributed by atoms with Gasteiger partial charge in [-0.3, -0.25) is 14.3 Å². The molecule has 0 radical (unpaired) electrons. The molecule has 34 heavy (non-hydrogen) atoms. The molecule has 0 aromatic heterocycles. The van der Waals surface area contributed by atoms with Crippen LogP contribution in [0.25, 0.3) is 0 Å². The van der Waals surface area contributed by atoms with Crippen molar-refractivity contribution in [3.8, 4) is 5.75 Å². The van der Waals surface area contributed by atoms with Crippen molar-refractivity contribution in [3.63, 3.8) is 0 Å². The smallest absolute Gasteiger partial charge is 0.310 e. The maximum Gasteiger partial charge on any atom is 0.310 e. The van der Waals surface area contributed by atoms with Gasteiger partial charge in [-0.25, -0.2) is 8.42 Å². The van der Waals surface area contributed by atoms with Crippen LogP contribution in [0.15, 0.2) is 82.2 Å². The van der Waals surface area contributed by atoms with Gasteiger partial charge in [0.05, 0.1) is 17.9 Å². The number of nitrogens with one attached hydrogen (secondary N) is 2. The van der Waals surface area contributed by atoms with E-state index in [-0.39, 0.29) is 29.8 Å². The maximum absolute atomic E-state index is 12.5. The lowest BCUT2D eigenvalue weighted by Gasteiger charge is -2.10. The molecule has 2 N–H and O–H groups in total. The number of carbonyl (C=O) groups excluding carboxylic acids is 2. The molecule has 0 saturated carbocycles. The van der Waals surface area contributed by atoms with Crippen LogP contribution in [0.4, 0.5) is 11.4 Å². The zero-order chi connectivity index (χ0) is 24.6. The number of amides is 1. The maximum atomic E-state index is 12.5. The van der Waals surface area contributed by atoms with Crippen LogP contribution >= 0.6 is 15.9 Å². The van der Waals surface area contributed by atoms with E-state index < -0.39 is 10.0 Å². The van der Waals surface area contributed by atoms with Gasteiger partial charge in [-0.15, -0.1) is 0 Å². The average molecular weight is 547 g/mol. The molecule has 10 heteroatoms. The van der Waals surface area contributed by atoms with Crippen molar-refractivity contribution in [2.75, 3.05) is 23.3 Å². The molecular weight excluding hydrogens is 524 g/mol. The van der Waals surface area contributed by atoms with Crippen molar-refractivity contribution < 1.29 is 27.5 Å². The summed E-state index contributed by atoms with van der Waals surface area (Å²) < 4.78 is 38.8. The van der Waals surface area contributed by atoms with Gasteiger partial charge in [0.2, 0.25) is 0 Å². The van der Waals surface area contributed by atoms with Crippen LogP contribution in [-0.4, -0.2) is 33.5 Å². The Balaban J connectivity index is 1.50. The topological polar surface area (TPSA) is 111 Å². The monoisotopic (exact) mass is 546 g/mol. The standard InChI is InChI=1S/C24H23BrN2O6S/c1-2-32-24(29)15-17-3-7-19(8-4-17)26-23(28)16-33-21-11-13-22(14-12-21)34(30,31)27-20-9-5-18(25)6-10-20/h3-14,27H,2,15-16H2,1H3,(H,26,28). The molecule has 0 bridgehead atoms. The van der Waals surface area contributed by atoms with E-state index in [2.05, 4.69) is 26.0 Å². The number of benzene rings is 3. The first-order chi connectivity index (χ1) is 16.2. The van der Waals surface area contributed by atoms with Gasteiger partial charge >= 0.3 is 5.97 Å². The first kappa shape index (κ1) is 25.3. The molecular formula is C24H23BrN2O6S. The van der Waals surface area contributed by atoms with Crippen molar-refractivity contribution in [2.24, 2.45) is 0 Å². The summed E-state index contributed by atoms with van der Waals surface area (Å²) in [7, 11) is -3.76. The lowest BCUT2D eigenvalue weighted by atomic mass is 10.1. The van der Waals surface area contributed by atoms with E-state index in [1.165, 1.54) is 24.3 Å². The third-order valence-electron chi connectivity index (χ3n) is 4.49. The Morgan fingerprint density at radius 2 is 1.50 bits per heavy atom. The van der Waals surface area contributed by atoms with Gasteiger partial charge in [0.25, 0.3) is 15.9 Å². The molecule has 1 amide bonds. The Kier molecular flexibility index (Phi) is 8.67. The summed E-state index contributed by atoms with van der Waals surface area (Å²) >= 11 is 3.30. The highest BCUT2D eigenvalue weighted by molar-refractivity contribution is 9.10. The van der Waals surface area contributed by atoms with Crippen molar-refractivity contribution in [2.45, 2.75) is 18.2 Å². The zero-order valence-electron chi connectivity index (χ0n) is 18.3. The van der Waals surface area contributed by atoms with Crippen LogP contribution in [0.1, 0.15) is 12.5 Å². The fourth-order valence-corrected chi connectivity index (χ4v) is 4.20. The Bertz CT molecular complexity index is 1230. The molecule has 8 nitrogen and oxygen atoms in total. The largest absolute Gasteiger partial charge is 0.484 e. The SMILES string of the molecule is CCOC(=O)Cc1ccc(NC(=O)COc2ccc(S(=O)(=O)Nc3ccc(Br)cc3)cc2)cc1. The van der Waals surface area contributed by atoms with Gasteiger partial charge in [0.1, 0.15) is 5.75 Å². The number of carbonyl (C=O) groups is 2. The van der Waals surface area contributed by atoms with Gasteiger partial charge in [0, 0.05) is 15.8 Å². The molecule has 0 heterocycles. The summed E-state index contributed by atoms with van der Waals surface area (Å²) in [6.45, 7) is 1.82. The minimum atomic E-state index is -3.76. The van der Waals surface area contributed by atoms with E-state index in [0.29, 0.717) is 23.7 Å². The van der Waals surface area contributed by atoms with E-state index in [0.717, 1.165) is 10.0 Å². The minimum Gasteiger partial charge on any atom is -0.484 e. The van der Waals surface area contributed by atoms with Crippen molar-refractivity contribution in [3.05, 3.63) is 82.8 Å². The number of rotatable bonds is 10. The first-order valence-corrected chi connectivity index (χ1v) is 12.6. The van der Waals surface area contributed by atoms with Gasteiger partial charge in [-0.2, -0.15) is 0 Å². The Morgan fingerprint density at radius 1 is 0.882 bits per heavy atom. The first-order valence-electron chi connectivity index (χ1n) is 10.3. The van der Waals surface area contributed by atoms with E-state index in [1.54, 1.807) is 55.5 Å². The van der Waals surface area contributed by atoms with Crippen LogP contribution < -0.4 is 14.8 Å². The van der Waals surface area contributed by atoms with E-state index in [9.17, 15) is 18.0 Å². The molecule has 0 aliphatic heterocycles. The normalized spacial score (nSPS) is 10.9. The number of hydrogen-bond acceptors (Lipinski definition) is 6. The highest BCUT2D eigenvalue weighted by atomic mass is 79.9. The number of anilines is 2. The third kappa shape index (κ3) is 7.60. The Labute approximate surface area is 206 Å². The summed E-state index contributed by atoms with van der Waals surface area (Å²) in [5.41, 5.74) is 1.77. The zero-order valence-corrected chi connectivity index (χ0v) is 20.7. The second-order valence-corrected chi connectivity index (χ2v) is 9.70. The second kappa shape index (κ2) is 11.7. The lowest BCUT2D eigenvalue weighted by Crippen LogP contribution is -2.20. The molecule has 3 aromatic carbocycles. The number of hydrogen-bond donors (Lipinski definition) is 2. The van der Waals surface area contributed by atoms with Crippen LogP contribution in [0.5, 0.6) is 5.75 Å². The van der Waals surface area contributed by atoms with Gasteiger partial charge in [-0.05, 0) is 73.2 Å². The predicted molar refractivity (Wildman–Crippen MR) is 132 cm³/mol. The van der Waals surface area contributed by atoms with Crippen molar-refractivity contribution in [1.29, 1.82) is 0 Å². The van der Waals surface area contributed by atoms with Gasteiger partial charge < -0.3 is 14.8 Å². The van der Waals surface area contributed by atoms with Crippen LogP contribution in [-0.2, 0) is 30.8 Å². The van der Waals surface area contributed by atoms with Crippen LogP contribution in [0.3, 0.4) is 0 Å². The highest BCUT2D eigenvalue weighted by Crippen LogP contribution is 2.21. The summed E-state index contributed by atoms with van der Waals surface area (Å²) in [4.78, 5) is 23.7. The summed E-state index contributed by atoms with van der Waals surface area (Å²) in [5.74, 6) is -0.343. The fraction of sp³-hybridized carbons (Fsp3) is 0.167. The number of halogens is 1. The van der Waals surface area contributed by atoms with Crippen molar-refractivity contribution >= 4 is 49.2 Å². The molecule has 0 unspecified atom stereocenters. The van der Waals surface area contributed by atoms with E-state index in [4.69, 9.17) is 9.47 Å².